The minimum atomic E-state index is -0.723. The second-order valence-electron chi connectivity index (χ2n) is 21.9. The number of nitrogens with one attached hydrogen (secondary N) is 1. The third-order valence-corrected chi connectivity index (χ3v) is 16.3. The molecule has 0 bridgehead atoms. The van der Waals surface area contributed by atoms with Gasteiger partial charge in [0.15, 0.2) is 12.4 Å². The molecule has 2 amide bonds. The lowest BCUT2D eigenvalue weighted by Gasteiger charge is -2.42. The van der Waals surface area contributed by atoms with Crippen LogP contribution in [0.2, 0.25) is 5.02 Å². The van der Waals surface area contributed by atoms with Gasteiger partial charge in [0.2, 0.25) is 0 Å². The van der Waals surface area contributed by atoms with Gasteiger partial charge in [0.25, 0.3) is 18.3 Å². The van der Waals surface area contributed by atoms with Crippen molar-refractivity contribution >= 4 is 68.7 Å². The molecule has 0 fully saturated rings. The van der Waals surface area contributed by atoms with Crippen molar-refractivity contribution in [1.82, 2.24) is 14.8 Å². The van der Waals surface area contributed by atoms with Crippen molar-refractivity contribution in [3.8, 4) is 11.5 Å². The van der Waals surface area contributed by atoms with E-state index in [-0.39, 0.29) is 61.0 Å². The van der Waals surface area contributed by atoms with E-state index in [0.29, 0.717) is 61.4 Å². The van der Waals surface area contributed by atoms with E-state index < -0.39 is 6.04 Å². The number of aryl methyl sites for hydroxylation is 2. The Balaban J connectivity index is 0.000000332. The molecule has 0 aliphatic carbocycles. The molecule has 2 N–H and O–H groups in total. The number of rotatable bonds is 26. The van der Waals surface area contributed by atoms with Crippen molar-refractivity contribution in [2.45, 2.75) is 165 Å². The molecule has 0 saturated carbocycles. The monoisotopic (exact) mass is 1110 g/mol. The molecule has 14 heteroatoms. The summed E-state index contributed by atoms with van der Waals surface area (Å²) in [6, 6.07) is 19.9. The van der Waals surface area contributed by atoms with Gasteiger partial charge in [-0.1, -0.05) is 96.3 Å². The first-order valence-corrected chi connectivity index (χ1v) is 29.1. The zero-order valence-electron chi connectivity index (χ0n) is 49.7. The van der Waals surface area contributed by atoms with Crippen LogP contribution in [0, 0.1) is 24.6 Å². The summed E-state index contributed by atoms with van der Waals surface area (Å²) in [6.07, 6.45) is 8.69. The standard InChI is InChI=1S/C37H47ClFN2O.C27H42N2O5.CH2O2/c1-8-24(2)18-20-40-26(4)30(12-10-22-42-34-13-9-11-28-23-29(39)14-15-31(28)34)32-16-17-33(38)36(37(32)40)35-25(3)19-21-41(6,7)27(35)5;1-7-16-29(17-8-2)25(31)18-34-24-13-11-12-22(21(24)10-4)27(33)28-23(15-14-20(6)30)26(32)19(5)9-3;2-1-3/h9,11,13-17,23-24,27H,8,10,12,18-22H2,1-7H3;11-13,19,23H,7-10,14-18H2,1-6H3,(H,28,33);1H,(H,2,3)/q+1;;. The lowest BCUT2D eigenvalue weighted by Crippen LogP contribution is -2.51. The van der Waals surface area contributed by atoms with Crippen LogP contribution in [0.25, 0.3) is 27.2 Å². The number of likely N-dealkylation sites (N-methyl/N-ethyl adjacent to an activating group) is 1. The molecule has 12 nitrogen and oxygen atoms in total. The van der Waals surface area contributed by atoms with Gasteiger partial charge in [-0.2, -0.15) is 0 Å². The number of carbonyl (C=O) groups excluding carboxylic acids is 4. The van der Waals surface area contributed by atoms with Crippen molar-refractivity contribution in [2.24, 2.45) is 11.8 Å². The molecule has 0 spiro atoms. The fourth-order valence-electron chi connectivity index (χ4n) is 10.5. The van der Waals surface area contributed by atoms with Crippen LogP contribution in [0.5, 0.6) is 11.5 Å². The molecular formula is C65H91ClFN4O8+. The van der Waals surface area contributed by atoms with Crippen LogP contribution >= 0.6 is 11.6 Å². The van der Waals surface area contributed by atoms with Gasteiger partial charge >= 0.3 is 0 Å². The highest BCUT2D eigenvalue weighted by Crippen LogP contribution is 2.43. The summed E-state index contributed by atoms with van der Waals surface area (Å²) in [5.74, 6) is 0.981. The van der Waals surface area contributed by atoms with Gasteiger partial charge in [0, 0.05) is 77.1 Å². The Morgan fingerprint density at radius 2 is 1.56 bits per heavy atom. The number of ether oxygens (including phenoxy) is 2. The maximum absolute atomic E-state index is 13.7. The van der Waals surface area contributed by atoms with Crippen LogP contribution in [0.4, 0.5) is 4.39 Å². The van der Waals surface area contributed by atoms with Crippen LogP contribution in [-0.2, 0) is 38.6 Å². The van der Waals surface area contributed by atoms with Gasteiger partial charge < -0.3 is 38.6 Å². The van der Waals surface area contributed by atoms with Crippen LogP contribution in [-0.4, -0.2) is 108 Å². The molecule has 4 aromatic carbocycles. The Hall–Kier alpha value is -6.05. The lowest BCUT2D eigenvalue weighted by atomic mass is 9.86. The second-order valence-corrected chi connectivity index (χ2v) is 22.3. The molecule has 1 aliphatic rings. The predicted octanol–water partition coefficient (Wildman–Crippen LogP) is 14.0. The Morgan fingerprint density at radius 3 is 2.19 bits per heavy atom. The Bertz CT molecular complexity index is 2890. The number of benzene rings is 4. The van der Waals surface area contributed by atoms with Crippen molar-refractivity contribution < 1.29 is 47.4 Å². The molecule has 0 radical (unpaired) electrons. The number of halogens is 2. The van der Waals surface area contributed by atoms with Crippen molar-refractivity contribution in [1.29, 1.82) is 0 Å². The second kappa shape index (κ2) is 31.7. The summed E-state index contributed by atoms with van der Waals surface area (Å²) in [6.45, 7) is 26.6. The van der Waals surface area contributed by atoms with Crippen LogP contribution in [0.3, 0.4) is 0 Å². The third-order valence-electron chi connectivity index (χ3n) is 15.9. The fraction of sp³-hybridized carbons (Fsp3) is 0.523. The van der Waals surface area contributed by atoms with E-state index in [2.05, 4.69) is 70.7 Å². The third kappa shape index (κ3) is 17.5. The van der Waals surface area contributed by atoms with Crippen LogP contribution in [0.1, 0.15) is 160 Å². The van der Waals surface area contributed by atoms with E-state index in [0.717, 1.165) is 77.6 Å². The SMILES string of the molecule is CCC(C)CCn1c(C)c(CCCOc2cccc3cc(F)ccc23)c2ccc(Cl)c(C3=C(C)CC[N+](C)(C)C3C)c21.CCCN(CCC)C(=O)COc1cccc(C(=O)NC(CCC(C)=O)C(=O)C(C)CC)c1CC.O=CO. The van der Waals surface area contributed by atoms with Crippen molar-refractivity contribution in [3.05, 3.63) is 111 Å². The van der Waals surface area contributed by atoms with Gasteiger partial charge in [0.1, 0.15) is 29.1 Å². The van der Waals surface area contributed by atoms with E-state index in [1.54, 1.807) is 29.2 Å². The number of Topliss-reactive ketones (excluding diaryl/α,β-unsaturated/α-hetero) is 2. The average Bonchev–Trinajstić information content (AvgIpc) is 3.94. The van der Waals surface area contributed by atoms with Gasteiger partial charge in [-0.25, -0.2) is 4.39 Å². The first-order valence-electron chi connectivity index (χ1n) is 28.7. The zero-order chi connectivity index (χ0) is 58.6. The van der Waals surface area contributed by atoms with E-state index >= 15 is 0 Å². The molecule has 2 heterocycles. The number of fused-ring (bicyclic) bond motifs is 2. The highest BCUT2D eigenvalue weighted by atomic mass is 35.5. The Morgan fingerprint density at radius 1 is 0.899 bits per heavy atom. The van der Waals surface area contributed by atoms with Gasteiger partial charge in [-0.3, -0.25) is 19.2 Å². The zero-order valence-corrected chi connectivity index (χ0v) is 50.4. The fourth-order valence-corrected chi connectivity index (χ4v) is 10.8. The molecule has 432 valence electrons. The van der Waals surface area contributed by atoms with E-state index in [4.69, 9.17) is 31.0 Å². The number of quaternary nitrogens is 1. The number of hydrogen-bond donors (Lipinski definition) is 2. The minimum absolute atomic E-state index is 0.0225. The van der Waals surface area contributed by atoms with E-state index in [1.165, 1.54) is 58.3 Å². The molecule has 4 unspecified atom stereocenters. The topological polar surface area (TPSA) is 144 Å². The number of aromatic nitrogens is 1. The van der Waals surface area contributed by atoms with E-state index in [1.807, 2.05) is 58.9 Å². The summed E-state index contributed by atoms with van der Waals surface area (Å²) in [5, 5.41) is 13.7. The number of carboxylic acid groups (broad SMARTS) is 1. The average molecular weight is 1110 g/mol. The summed E-state index contributed by atoms with van der Waals surface area (Å²) >= 11 is 7.14. The number of amides is 2. The highest BCUT2D eigenvalue weighted by Gasteiger charge is 2.36. The number of carbonyl (C=O) groups is 5. The quantitative estimate of drug-likeness (QED) is 0.0316. The lowest BCUT2D eigenvalue weighted by molar-refractivity contribution is -0.905. The molecular weight excluding hydrogens is 1020 g/mol. The Labute approximate surface area is 475 Å². The number of hydrogen-bond acceptors (Lipinski definition) is 7. The molecule has 1 aliphatic heterocycles. The molecule has 4 atom stereocenters. The first-order chi connectivity index (χ1) is 37.6. The normalized spacial score (nSPS) is 15.0. The summed E-state index contributed by atoms with van der Waals surface area (Å²) in [7, 11) is 4.69. The summed E-state index contributed by atoms with van der Waals surface area (Å²) in [5.41, 5.74) is 9.26. The molecule has 79 heavy (non-hydrogen) atoms. The van der Waals surface area contributed by atoms with Crippen LogP contribution in [0.15, 0.2) is 72.3 Å². The van der Waals surface area contributed by atoms with Crippen molar-refractivity contribution in [3.63, 3.8) is 0 Å². The van der Waals surface area contributed by atoms with E-state index in [9.17, 15) is 23.6 Å². The largest absolute Gasteiger partial charge is 0.493 e. The number of ketones is 2. The molecule has 0 saturated heterocycles. The molecule has 5 aromatic rings. The van der Waals surface area contributed by atoms with Gasteiger partial charge in [-0.05, 0) is 138 Å². The Kier molecular flexibility index (Phi) is 26.2. The molecule has 6 rings (SSSR count). The van der Waals surface area contributed by atoms with Crippen LogP contribution < -0.4 is 14.8 Å². The highest BCUT2D eigenvalue weighted by molar-refractivity contribution is 6.33. The van der Waals surface area contributed by atoms with Gasteiger partial charge in [0.05, 0.1) is 43.8 Å². The minimum Gasteiger partial charge on any atom is -0.493 e. The predicted molar refractivity (Wildman–Crippen MR) is 320 cm³/mol. The first kappa shape index (κ1) is 65.5. The summed E-state index contributed by atoms with van der Waals surface area (Å²) < 4.78 is 29.4. The summed E-state index contributed by atoms with van der Waals surface area (Å²) in [4.78, 5) is 60.3. The number of nitrogens with zero attached hydrogens (tertiary/aromatic N) is 3. The van der Waals surface area contributed by atoms with Gasteiger partial charge in [-0.15, -0.1) is 0 Å². The maximum atomic E-state index is 13.7. The molecule has 1 aromatic heterocycles. The maximum Gasteiger partial charge on any atom is 0.290 e. The smallest absolute Gasteiger partial charge is 0.290 e. The van der Waals surface area contributed by atoms with Crippen molar-refractivity contribution in [2.75, 3.05) is 46.9 Å².